The van der Waals surface area contributed by atoms with Gasteiger partial charge in [0.15, 0.2) is 0 Å². The standard InChI is InChI=1S/C22H31FN4O3/c1-4-17(7-6-10-28)26-21-18(14(3)25-22(24)27-21)13-16-11-15(8-9-19(16)23)12-20(29)30-5-2/h8-9,11,17,28H,4-7,10,12-13H2,1-3H3,(H3,24,25,26,27). The smallest absolute Gasteiger partial charge is 0.310 e. The molecule has 2 rings (SSSR count). The van der Waals surface area contributed by atoms with E-state index in [0.29, 0.717) is 35.7 Å². The van der Waals surface area contributed by atoms with Crippen molar-refractivity contribution in [1.82, 2.24) is 9.97 Å². The van der Waals surface area contributed by atoms with Crippen LogP contribution in [-0.4, -0.2) is 40.3 Å². The van der Waals surface area contributed by atoms with Gasteiger partial charge in [-0.1, -0.05) is 19.1 Å². The molecule has 0 radical (unpaired) electrons. The van der Waals surface area contributed by atoms with Gasteiger partial charge in [-0.05, 0) is 50.3 Å². The first-order valence-corrected chi connectivity index (χ1v) is 10.3. The molecule has 1 aromatic heterocycles. The Morgan fingerprint density at radius 3 is 2.77 bits per heavy atom. The van der Waals surface area contributed by atoms with E-state index in [0.717, 1.165) is 18.4 Å². The zero-order chi connectivity index (χ0) is 22.1. The maximum absolute atomic E-state index is 14.5. The number of carbonyl (C=O) groups excluding carboxylic acids is 1. The van der Waals surface area contributed by atoms with E-state index in [2.05, 4.69) is 15.3 Å². The summed E-state index contributed by atoms with van der Waals surface area (Å²) in [5, 5.41) is 12.5. The van der Waals surface area contributed by atoms with E-state index in [4.69, 9.17) is 15.6 Å². The lowest BCUT2D eigenvalue weighted by atomic mass is 9.99. The number of ether oxygens (including phenoxy) is 1. The molecule has 4 N–H and O–H groups in total. The van der Waals surface area contributed by atoms with Gasteiger partial charge in [0.2, 0.25) is 5.95 Å². The van der Waals surface area contributed by atoms with Gasteiger partial charge in [0, 0.05) is 30.3 Å². The largest absolute Gasteiger partial charge is 0.466 e. The minimum absolute atomic E-state index is 0.0858. The van der Waals surface area contributed by atoms with E-state index in [1.54, 1.807) is 19.1 Å². The van der Waals surface area contributed by atoms with Crippen molar-refractivity contribution >= 4 is 17.7 Å². The minimum atomic E-state index is -0.364. The third-order valence-corrected chi connectivity index (χ3v) is 4.91. The molecule has 0 spiro atoms. The van der Waals surface area contributed by atoms with E-state index in [9.17, 15) is 9.18 Å². The number of nitrogens with two attached hydrogens (primary N) is 1. The molecule has 1 atom stereocenters. The van der Waals surface area contributed by atoms with Gasteiger partial charge in [-0.25, -0.2) is 9.37 Å². The third-order valence-electron chi connectivity index (χ3n) is 4.91. The summed E-state index contributed by atoms with van der Waals surface area (Å²) in [6, 6.07) is 4.73. The predicted molar refractivity (Wildman–Crippen MR) is 115 cm³/mol. The molecule has 1 aromatic carbocycles. The number of anilines is 2. The Balaban J connectivity index is 2.32. The number of esters is 1. The number of rotatable bonds is 11. The molecule has 1 unspecified atom stereocenters. The van der Waals surface area contributed by atoms with E-state index >= 15 is 0 Å². The van der Waals surface area contributed by atoms with Gasteiger partial charge < -0.3 is 20.9 Å². The summed E-state index contributed by atoms with van der Waals surface area (Å²) in [6.45, 7) is 6.03. The van der Waals surface area contributed by atoms with Crippen LogP contribution in [0.2, 0.25) is 0 Å². The molecule has 0 saturated heterocycles. The lowest BCUT2D eigenvalue weighted by Crippen LogP contribution is -2.22. The fourth-order valence-corrected chi connectivity index (χ4v) is 3.30. The van der Waals surface area contributed by atoms with Crippen molar-refractivity contribution in [3.8, 4) is 0 Å². The lowest BCUT2D eigenvalue weighted by molar-refractivity contribution is -0.142. The molecule has 7 nitrogen and oxygen atoms in total. The summed E-state index contributed by atoms with van der Waals surface area (Å²) >= 11 is 0. The van der Waals surface area contributed by atoms with Gasteiger partial charge in [0.05, 0.1) is 13.0 Å². The number of halogens is 1. The van der Waals surface area contributed by atoms with Gasteiger partial charge in [-0.2, -0.15) is 4.98 Å². The van der Waals surface area contributed by atoms with Crippen LogP contribution < -0.4 is 11.1 Å². The molecular formula is C22H31FN4O3. The fraction of sp³-hybridized carbons (Fsp3) is 0.500. The van der Waals surface area contributed by atoms with Crippen LogP contribution in [0.15, 0.2) is 18.2 Å². The van der Waals surface area contributed by atoms with E-state index in [1.165, 1.54) is 6.07 Å². The zero-order valence-corrected chi connectivity index (χ0v) is 17.9. The topological polar surface area (TPSA) is 110 Å². The van der Waals surface area contributed by atoms with Crippen LogP contribution in [0.4, 0.5) is 16.2 Å². The molecule has 0 aliphatic carbocycles. The van der Waals surface area contributed by atoms with Crippen molar-refractivity contribution in [2.45, 2.75) is 58.9 Å². The summed E-state index contributed by atoms with van der Waals surface area (Å²) in [4.78, 5) is 20.4. The van der Waals surface area contributed by atoms with Crippen LogP contribution in [0.25, 0.3) is 0 Å². The second kappa shape index (κ2) is 11.4. The quantitative estimate of drug-likeness (QED) is 0.481. The average molecular weight is 419 g/mol. The second-order valence-electron chi connectivity index (χ2n) is 7.19. The number of aliphatic hydroxyl groups excluding tert-OH is 1. The molecule has 0 bridgehead atoms. The first kappa shape index (κ1) is 23.5. The molecule has 0 amide bonds. The molecule has 1 heterocycles. The SMILES string of the molecule is CCOC(=O)Cc1ccc(F)c(Cc2c(C)nc(N)nc2NC(CC)CCCO)c1. The summed E-state index contributed by atoms with van der Waals surface area (Å²) in [7, 11) is 0. The summed E-state index contributed by atoms with van der Waals surface area (Å²) in [6.07, 6.45) is 2.63. The highest BCUT2D eigenvalue weighted by Crippen LogP contribution is 2.25. The summed E-state index contributed by atoms with van der Waals surface area (Å²) in [5.41, 5.74) is 8.39. The monoisotopic (exact) mass is 418 g/mol. The maximum atomic E-state index is 14.5. The Morgan fingerprint density at radius 2 is 2.10 bits per heavy atom. The zero-order valence-electron chi connectivity index (χ0n) is 17.9. The van der Waals surface area contributed by atoms with Crippen molar-refractivity contribution in [3.63, 3.8) is 0 Å². The first-order valence-electron chi connectivity index (χ1n) is 10.3. The number of hydrogen-bond acceptors (Lipinski definition) is 7. The number of nitrogens with zero attached hydrogens (tertiary/aromatic N) is 2. The second-order valence-corrected chi connectivity index (χ2v) is 7.19. The van der Waals surface area contributed by atoms with Gasteiger partial charge in [0.25, 0.3) is 0 Å². The van der Waals surface area contributed by atoms with Crippen molar-refractivity contribution in [3.05, 3.63) is 46.4 Å². The van der Waals surface area contributed by atoms with Crippen molar-refractivity contribution in [2.24, 2.45) is 0 Å². The van der Waals surface area contributed by atoms with Crippen molar-refractivity contribution in [2.75, 3.05) is 24.3 Å². The van der Waals surface area contributed by atoms with E-state index in [-0.39, 0.29) is 43.2 Å². The van der Waals surface area contributed by atoms with Crippen molar-refractivity contribution in [1.29, 1.82) is 0 Å². The van der Waals surface area contributed by atoms with Gasteiger partial charge in [-0.3, -0.25) is 4.79 Å². The molecular weight excluding hydrogens is 387 g/mol. The molecule has 8 heteroatoms. The number of hydrogen-bond donors (Lipinski definition) is 3. The minimum Gasteiger partial charge on any atom is -0.466 e. The number of aryl methyl sites for hydroxylation is 1. The molecule has 2 aromatic rings. The molecule has 0 aliphatic heterocycles. The van der Waals surface area contributed by atoms with Crippen LogP contribution in [0.1, 0.15) is 55.5 Å². The van der Waals surface area contributed by atoms with Gasteiger partial charge in [-0.15, -0.1) is 0 Å². The Labute approximate surface area is 176 Å². The van der Waals surface area contributed by atoms with Crippen LogP contribution in [0.3, 0.4) is 0 Å². The van der Waals surface area contributed by atoms with Crippen LogP contribution in [0, 0.1) is 12.7 Å². The maximum Gasteiger partial charge on any atom is 0.310 e. The normalized spacial score (nSPS) is 11.9. The van der Waals surface area contributed by atoms with Gasteiger partial charge in [0.1, 0.15) is 11.6 Å². The summed E-state index contributed by atoms with van der Waals surface area (Å²) in [5.74, 6) is 0.00321. The Kier molecular flexibility index (Phi) is 8.98. The number of aromatic nitrogens is 2. The van der Waals surface area contributed by atoms with E-state index < -0.39 is 0 Å². The summed E-state index contributed by atoms with van der Waals surface area (Å²) < 4.78 is 19.5. The first-order chi connectivity index (χ1) is 14.4. The predicted octanol–water partition coefficient (Wildman–Crippen LogP) is 3.17. The highest BCUT2D eigenvalue weighted by atomic mass is 19.1. The Morgan fingerprint density at radius 1 is 1.33 bits per heavy atom. The Bertz CT molecular complexity index is 861. The number of benzene rings is 1. The highest BCUT2D eigenvalue weighted by Gasteiger charge is 2.17. The van der Waals surface area contributed by atoms with Crippen LogP contribution in [-0.2, 0) is 22.4 Å². The van der Waals surface area contributed by atoms with Crippen molar-refractivity contribution < 1.29 is 19.0 Å². The van der Waals surface area contributed by atoms with Gasteiger partial charge >= 0.3 is 5.97 Å². The lowest BCUT2D eigenvalue weighted by Gasteiger charge is -2.21. The fourth-order valence-electron chi connectivity index (χ4n) is 3.30. The average Bonchev–Trinajstić information content (AvgIpc) is 2.70. The number of nitrogens with one attached hydrogen (secondary N) is 1. The Hall–Kier alpha value is -2.74. The molecule has 0 aliphatic rings. The molecule has 164 valence electrons. The number of aliphatic hydroxyl groups is 1. The molecule has 0 fully saturated rings. The van der Waals surface area contributed by atoms with E-state index in [1.807, 2.05) is 13.8 Å². The van der Waals surface area contributed by atoms with Crippen LogP contribution >= 0.6 is 0 Å². The van der Waals surface area contributed by atoms with Crippen LogP contribution in [0.5, 0.6) is 0 Å². The third kappa shape index (κ3) is 6.66. The molecule has 0 saturated carbocycles. The number of nitrogen functional groups attached to an aromatic ring is 1. The molecule has 30 heavy (non-hydrogen) atoms. The number of carbonyl (C=O) groups is 1. The highest BCUT2D eigenvalue weighted by molar-refractivity contribution is 5.72.